The molecule has 1 aliphatic rings. The van der Waals surface area contributed by atoms with Gasteiger partial charge < -0.3 is 14.2 Å². The highest BCUT2D eigenvalue weighted by molar-refractivity contribution is 5.78. The number of benzene rings is 1. The van der Waals surface area contributed by atoms with Crippen molar-refractivity contribution in [1.29, 1.82) is 0 Å². The first kappa shape index (κ1) is 15.7. The Labute approximate surface area is 136 Å². The predicted octanol–water partition coefficient (Wildman–Crippen LogP) is 2.12. The molecule has 1 aliphatic heterocycles. The summed E-state index contributed by atoms with van der Waals surface area (Å²) < 4.78 is 7.17. The number of methoxy groups -OCH3 is 1. The standard InChI is InChI=1S/C18H23N3O2/c1-23-8-7-20-14-19-11-17(20)13-21-12-16(10-18(21)22)9-15-5-3-2-4-6-15/h2-6,11,14,16H,7-10,12-13H2,1H3. The van der Waals surface area contributed by atoms with E-state index in [2.05, 4.69) is 33.8 Å². The lowest BCUT2D eigenvalue weighted by atomic mass is 9.99. The largest absolute Gasteiger partial charge is 0.383 e. The van der Waals surface area contributed by atoms with Gasteiger partial charge in [0.25, 0.3) is 0 Å². The van der Waals surface area contributed by atoms with Gasteiger partial charge in [0, 0.05) is 32.8 Å². The van der Waals surface area contributed by atoms with Gasteiger partial charge in [-0.3, -0.25) is 4.79 Å². The second kappa shape index (κ2) is 7.42. The molecule has 1 amide bonds. The minimum atomic E-state index is 0.241. The molecule has 1 aromatic carbocycles. The number of nitrogens with zero attached hydrogens (tertiary/aromatic N) is 3. The molecule has 0 radical (unpaired) electrons. The van der Waals surface area contributed by atoms with Crippen LogP contribution < -0.4 is 0 Å². The molecule has 0 aliphatic carbocycles. The molecule has 3 rings (SSSR count). The summed E-state index contributed by atoms with van der Waals surface area (Å²) in [4.78, 5) is 18.4. The zero-order valence-corrected chi connectivity index (χ0v) is 13.5. The number of ether oxygens (including phenoxy) is 1. The number of likely N-dealkylation sites (tertiary alicyclic amines) is 1. The molecule has 1 atom stereocenters. The van der Waals surface area contributed by atoms with E-state index in [-0.39, 0.29) is 5.91 Å². The topological polar surface area (TPSA) is 47.4 Å². The van der Waals surface area contributed by atoms with Crippen LogP contribution in [-0.4, -0.2) is 40.6 Å². The Hall–Kier alpha value is -2.14. The van der Waals surface area contributed by atoms with Crippen molar-refractivity contribution in [3.05, 3.63) is 54.1 Å². The van der Waals surface area contributed by atoms with Gasteiger partial charge in [0.05, 0.1) is 25.2 Å². The minimum Gasteiger partial charge on any atom is -0.383 e. The molecule has 23 heavy (non-hydrogen) atoms. The van der Waals surface area contributed by atoms with Crippen molar-refractivity contribution < 1.29 is 9.53 Å². The molecule has 0 N–H and O–H groups in total. The fourth-order valence-corrected chi connectivity index (χ4v) is 3.16. The molecule has 2 aromatic rings. The van der Waals surface area contributed by atoms with Crippen LogP contribution in [-0.2, 0) is 29.0 Å². The van der Waals surface area contributed by atoms with Gasteiger partial charge in [-0.1, -0.05) is 30.3 Å². The third kappa shape index (κ3) is 3.99. The highest BCUT2D eigenvalue weighted by atomic mass is 16.5. The van der Waals surface area contributed by atoms with Crippen molar-refractivity contribution in [2.45, 2.75) is 25.9 Å². The second-order valence-electron chi connectivity index (χ2n) is 6.11. The van der Waals surface area contributed by atoms with Gasteiger partial charge in [-0.2, -0.15) is 0 Å². The van der Waals surface area contributed by atoms with Gasteiger partial charge in [-0.25, -0.2) is 4.98 Å². The van der Waals surface area contributed by atoms with E-state index in [1.54, 1.807) is 13.4 Å². The Kier molecular flexibility index (Phi) is 5.08. The number of amides is 1. The van der Waals surface area contributed by atoms with E-state index in [1.165, 1.54) is 5.56 Å². The van der Waals surface area contributed by atoms with Crippen LogP contribution >= 0.6 is 0 Å². The summed E-state index contributed by atoms with van der Waals surface area (Å²) in [5, 5.41) is 0. The van der Waals surface area contributed by atoms with Crippen molar-refractivity contribution in [2.75, 3.05) is 20.3 Å². The van der Waals surface area contributed by atoms with E-state index in [9.17, 15) is 4.79 Å². The first-order valence-corrected chi connectivity index (χ1v) is 8.06. The fourth-order valence-electron chi connectivity index (χ4n) is 3.16. The molecule has 1 saturated heterocycles. The first-order chi connectivity index (χ1) is 11.3. The van der Waals surface area contributed by atoms with Crippen molar-refractivity contribution in [3.8, 4) is 0 Å². The van der Waals surface area contributed by atoms with Gasteiger partial charge in [0.15, 0.2) is 0 Å². The number of imidazole rings is 1. The van der Waals surface area contributed by atoms with Crippen LogP contribution in [0.2, 0.25) is 0 Å². The van der Waals surface area contributed by atoms with Gasteiger partial charge in [-0.15, -0.1) is 0 Å². The summed E-state index contributed by atoms with van der Waals surface area (Å²) in [5.74, 6) is 0.644. The zero-order chi connectivity index (χ0) is 16.1. The average molecular weight is 313 g/mol. The molecular weight excluding hydrogens is 290 g/mol. The van der Waals surface area contributed by atoms with E-state index < -0.39 is 0 Å². The van der Waals surface area contributed by atoms with Crippen molar-refractivity contribution >= 4 is 5.91 Å². The summed E-state index contributed by atoms with van der Waals surface area (Å²) in [6, 6.07) is 10.4. The highest BCUT2D eigenvalue weighted by Crippen LogP contribution is 2.23. The lowest BCUT2D eigenvalue weighted by Crippen LogP contribution is -2.26. The van der Waals surface area contributed by atoms with Crippen LogP contribution in [0, 0.1) is 5.92 Å². The summed E-state index contributed by atoms with van der Waals surface area (Å²) in [6.07, 6.45) is 5.25. The molecule has 5 heteroatoms. The number of hydrogen-bond donors (Lipinski definition) is 0. The maximum Gasteiger partial charge on any atom is 0.223 e. The number of carbonyl (C=O) groups excluding carboxylic acids is 1. The van der Waals surface area contributed by atoms with Crippen LogP contribution in [0.5, 0.6) is 0 Å². The molecule has 0 spiro atoms. The Morgan fingerprint density at radius 2 is 2.13 bits per heavy atom. The Balaban J connectivity index is 1.59. The molecular formula is C18H23N3O2. The molecule has 1 aromatic heterocycles. The highest BCUT2D eigenvalue weighted by Gasteiger charge is 2.30. The minimum absolute atomic E-state index is 0.241. The molecule has 1 unspecified atom stereocenters. The summed E-state index contributed by atoms with van der Waals surface area (Å²) in [5.41, 5.74) is 2.37. The zero-order valence-electron chi connectivity index (χ0n) is 13.5. The molecule has 5 nitrogen and oxygen atoms in total. The normalized spacial score (nSPS) is 17.9. The van der Waals surface area contributed by atoms with E-state index in [1.807, 2.05) is 17.2 Å². The first-order valence-electron chi connectivity index (χ1n) is 8.06. The van der Waals surface area contributed by atoms with Crippen LogP contribution in [0.4, 0.5) is 0 Å². The molecule has 2 heterocycles. The van der Waals surface area contributed by atoms with E-state index >= 15 is 0 Å². The van der Waals surface area contributed by atoms with Crippen LogP contribution in [0.25, 0.3) is 0 Å². The van der Waals surface area contributed by atoms with Gasteiger partial charge in [0.2, 0.25) is 5.91 Å². The quantitative estimate of drug-likeness (QED) is 0.786. The van der Waals surface area contributed by atoms with Crippen LogP contribution in [0.3, 0.4) is 0 Å². The Morgan fingerprint density at radius 3 is 2.91 bits per heavy atom. The predicted molar refractivity (Wildman–Crippen MR) is 87.8 cm³/mol. The smallest absolute Gasteiger partial charge is 0.223 e. The third-order valence-electron chi connectivity index (χ3n) is 4.35. The maximum atomic E-state index is 12.3. The van der Waals surface area contributed by atoms with Gasteiger partial charge >= 0.3 is 0 Å². The number of hydrogen-bond acceptors (Lipinski definition) is 3. The lowest BCUT2D eigenvalue weighted by Gasteiger charge is -2.18. The molecule has 1 fully saturated rings. The third-order valence-corrected chi connectivity index (χ3v) is 4.35. The van der Waals surface area contributed by atoms with Gasteiger partial charge in [0.1, 0.15) is 0 Å². The Bertz CT molecular complexity index is 639. The maximum absolute atomic E-state index is 12.3. The number of aromatic nitrogens is 2. The van der Waals surface area contributed by atoms with Crippen molar-refractivity contribution in [3.63, 3.8) is 0 Å². The number of rotatable bonds is 7. The Morgan fingerprint density at radius 1 is 1.30 bits per heavy atom. The monoisotopic (exact) mass is 313 g/mol. The van der Waals surface area contributed by atoms with E-state index in [0.29, 0.717) is 25.5 Å². The summed E-state index contributed by atoms with van der Waals surface area (Å²) in [7, 11) is 1.69. The van der Waals surface area contributed by atoms with Crippen LogP contribution in [0.1, 0.15) is 17.7 Å². The molecule has 0 bridgehead atoms. The second-order valence-corrected chi connectivity index (χ2v) is 6.11. The summed E-state index contributed by atoms with van der Waals surface area (Å²) in [6.45, 7) is 2.87. The summed E-state index contributed by atoms with van der Waals surface area (Å²) >= 11 is 0. The number of carbonyl (C=O) groups is 1. The lowest BCUT2D eigenvalue weighted by molar-refractivity contribution is -0.128. The average Bonchev–Trinajstić information content (AvgIpc) is 3.13. The van der Waals surface area contributed by atoms with Crippen molar-refractivity contribution in [1.82, 2.24) is 14.5 Å². The van der Waals surface area contributed by atoms with Crippen LogP contribution in [0.15, 0.2) is 42.9 Å². The van der Waals surface area contributed by atoms with Crippen molar-refractivity contribution in [2.24, 2.45) is 5.92 Å². The SMILES string of the molecule is COCCn1cncc1CN1CC(Cc2ccccc2)CC1=O. The van der Waals surface area contributed by atoms with E-state index in [0.717, 1.165) is 25.2 Å². The van der Waals surface area contributed by atoms with Gasteiger partial charge in [-0.05, 0) is 17.9 Å². The van der Waals surface area contributed by atoms with E-state index in [4.69, 9.17) is 4.74 Å². The molecule has 122 valence electrons. The fraction of sp³-hybridized carbons (Fsp3) is 0.444. The molecule has 0 saturated carbocycles.